The summed E-state index contributed by atoms with van der Waals surface area (Å²) in [6, 6.07) is 19.8. The van der Waals surface area contributed by atoms with E-state index in [2.05, 4.69) is 22.3 Å². The normalized spacial score (nSPS) is 13.3. The number of benzene rings is 2. The maximum absolute atomic E-state index is 5.80. The molecule has 6 heteroatoms. The maximum Gasteiger partial charge on any atom is 0.227 e. The number of aromatic nitrogens is 2. The van der Waals surface area contributed by atoms with Gasteiger partial charge in [0, 0.05) is 24.7 Å². The van der Waals surface area contributed by atoms with E-state index in [1.165, 1.54) is 12.8 Å². The second-order valence-corrected chi connectivity index (χ2v) is 6.95. The van der Waals surface area contributed by atoms with Crippen LogP contribution in [0.3, 0.4) is 0 Å². The predicted octanol–water partition coefficient (Wildman–Crippen LogP) is 4.24. The molecule has 1 aliphatic heterocycles. The molecule has 1 N–H and O–H groups in total. The number of hydrogen-bond acceptors (Lipinski definition) is 6. The highest BCUT2D eigenvalue weighted by atomic mass is 16.5. The van der Waals surface area contributed by atoms with Gasteiger partial charge in [-0.1, -0.05) is 30.3 Å². The van der Waals surface area contributed by atoms with Crippen molar-refractivity contribution in [2.24, 2.45) is 0 Å². The van der Waals surface area contributed by atoms with Gasteiger partial charge in [0.2, 0.25) is 5.95 Å². The van der Waals surface area contributed by atoms with E-state index in [1.807, 2.05) is 48.5 Å². The lowest BCUT2D eigenvalue weighted by atomic mass is 10.1. The van der Waals surface area contributed by atoms with E-state index >= 15 is 0 Å². The molecular formula is C23H26N4O2. The van der Waals surface area contributed by atoms with E-state index in [0.717, 1.165) is 47.6 Å². The number of nitrogens with one attached hydrogen (secondary N) is 1. The van der Waals surface area contributed by atoms with Crippen molar-refractivity contribution in [3.63, 3.8) is 0 Å². The van der Waals surface area contributed by atoms with Crippen LogP contribution in [0.4, 0.5) is 11.8 Å². The van der Waals surface area contributed by atoms with Gasteiger partial charge >= 0.3 is 0 Å². The lowest BCUT2D eigenvalue weighted by Crippen LogP contribution is -2.21. The summed E-state index contributed by atoms with van der Waals surface area (Å²) in [6.07, 6.45) is 2.38. The molecule has 29 heavy (non-hydrogen) atoms. The summed E-state index contributed by atoms with van der Waals surface area (Å²) in [5.41, 5.74) is 2.02. The molecule has 1 aromatic heterocycles. The van der Waals surface area contributed by atoms with Crippen molar-refractivity contribution in [1.82, 2.24) is 9.97 Å². The minimum absolute atomic E-state index is 0.538. The van der Waals surface area contributed by atoms with Crippen molar-refractivity contribution in [2.75, 3.05) is 43.6 Å². The fourth-order valence-corrected chi connectivity index (χ4v) is 3.36. The smallest absolute Gasteiger partial charge is 0.227 e. The van der Waals surface area contributed by atoms with Gasteiger partial charge in [-0.05, 0) is 37.1 Å². The van der Waals surface area contributed by atoms with Gasteiger partial charge in [0.15, 0.2) is 0 Å². The van der Waals surface area contributed by atoms with E-state index in [9.17, 15) is 0 Å². The second kappa shape index (κ2) is 9.28. The van der Waals surface area contributed by atoms with Crippen LogP contribution in [0.2, 0.25) is 0 Å². The Morgan fingerprint density at radius 2 is 1.66 bits per heavy atom. The van der Waals surface area contributed by atoms with Crippen molar-refractivity contribution >= 4 is 11.8 Å². The summed E-state index contributed by atoms with van der Waals surface area (Å²) < 4.78 is 11.0. The quantitative estimate of drug-likeness (QED) is 0.581. The van der Waals surface area contributed by atoms with Crippen LogP contribution in [0.5, 0.6) is 11.5 Å². The monoisotopic (exact) mass is 390 g/mol. The van der Waals surface area contributed by atoms with Gasteiger partial charge in [-0.2, -0.15) is 4.98 Å². The van der Waals surface area contributed by atoms with E-state index in [-0.39, 0.29) is 0 Å². The Morgan fingerprint density at radius 3 is 2.38 bits per heavy atom. The van der Waals surface area contributed by atoms with Crippen LogP contribution >= 0.6 is 0 Å². The molecule has 0 bridgehead atoms. The third-order valence-electron chi connectivity index (χ3n) is 4.91. The van der Waals surface area contributed by atoms with E-state index in [1.54, 1.807) is 7.11 Å². The molecule has 1 aliphatic rings. The van der Waals surface area contributed by atoms with Crippen LogP contribution < -0.4 is 19.7 Å². The highest BCUT2D eigenvalue weighted by Gasteiger charge is 2.17. The zero-order valence-electron chi connectivity index (χ0n) is 16.7. The van der Waals surface area contributed by atoms with Gasteiger partial charge in [-0.3, -0.25) is 0 Å². The molecule has 0 saturated carbocycles. The first-order chi connectivity index (χ1) is 14.3. The number of anilines is 2. The first kappa shape index (κ1) is 19.1. The number of hydrogen-bond donors (Lipinski definition) is 1. The van der Waals surface area contributed by atoms with Crippen LogP contribution in [-0.4, -0.2) is 43.3 Å². The van der Waals surface area contributed by atoms with Gasteiger partial charge in [0.1, 0.15) is 23.9 Å². The molecular weight excluding hydrogens is 364 g/mol. The number of rotatable bonds is 8. The summed E-state index contributed by atoms with van der Waals surface area (Å²) in [5.74, 6) is 3.25. The summed E-state index contributed by atoms with van der Waals surface area (Å²) in [7, 11) is 1.65. The average molecular weight is 390 g/mol. The molecule has 6 nitrogen and oxygen atoms in total. The molecule has 1 fully saturated rings. The van der Waals surface area contributed by atoms with E-state index in [0.29, 0.717) is 13.2 Å². The van der Waals surface area contributed by atoms with Crippen molar-refractivity contribution in [3.05, 3.63) is 60.7 Å². The van der Waals surface area contributed by atoms with Crippen molar-refractivity contribution < 1.29 is 9.47 Å². The first-order valence-corrected chi connectivity index (χ1v) is 10.0. The standard InChI is InChI=1S/C23H26N4O2/c1-28-19-9-11-20(12-10-19)29-16-13-24-22-17-21(18-7-3-2-4-8-18)25-23(26-22)27-14-5-6-15-27/h2-4,7-12,17H,5-6,13-16H2,1H3,(H,24,25,26). The lowest BCUT2D eigenvalue weighted by molar-refractivity contribution is 0.331. The Bertz CT molecular complexity index is 910. The largest absolute Gasteiger partial charge is 0.497 e. The second-order valence-electron chi connectivity index (χ2n) is 6.95. The number of ether oxygens (including phenoxy) is 2. The molecule has 3 aromatic rings. The SMILES string of the molecule is COc1ccc(OCCNc2cc(-c3ccccc3)nc(N3CCCC3)n2)cc1. The van der Waals surface area contributed by atoms with Crippen LogP contribution in [-0.2, 0) is 0 Å². The first-order valence-electron chi connectivity index (χ1n) is 10.0. The molecule has 0 unspecified atom stereocenters. The zero-order valence-corrected chi connectivity index (χ0v) is 16.7. The van der Waals surface area contributed by atoms with E-state index in [4.69, 9.17) is 19.4 Å². The fourth-order valence-electron chi connectivity index (χ4n) is 3.36. The van der Waals surface area contributed by atoms with Crippen LogP contribution in [0.15, 0.2) is 60.7 Å². The van der Waals surface area contributed by atoms with E-state index < -0.39 is 0 Å². The Labute approximate surface area is 171 Å². The van der Waals surface area contributed by atoms with Gasteiger partial charge in [-0.25, -0.2) is 4.98 Å². The lowest BCUT2D eigenvalue weighted by Gasteiger charge is -2.18. The van der Waals surface area contributed by atoms with Gasteiger partial charge in [-0.15, -0.1) is 0 Å². The Morgan fingerprint density at radius 1 is 0.931 bits per heavy atom. The molecule has 2 heterocycles. The molecule has 0 atom stereocenters. The van der Waals surface area contributed by atoms with Crippen molar-refractivity contribution in [2.45, 2.75) is 12.8 Å². The fraction of sp³-hybridized carbons (Fsp3) is 0.304. The number of nitrogens with zero attached hydrogens (tertiary/aromatic N) is 3. The summed E-state index contributed by atoms with van der Waals surface area (Å²) in [5, 5.41) is 3.38. The van der Waals surface area contributed by atoms with Crippen LogP contribution in [0.25, 0.3) is 11.3 Å². The number of methoxy groups -OCH3 is 1. The molecule has 0 amide bonds. The third kappa shape index (κ3) is 4.96. The van der Waals surface area contributed by atoms with Gasteiger partial charge in [0.25, 0.3) is 0 Å². The highest BCUT2D eigenvalue weighted by molar-refractivity contribution is 5.64. The summed E-state index contributed by atoms with van der Waals surface area (Å²) in [6.45, 7) is 3.21. The predicted molar refractivity (Wildman–Crippen MR) is 116 cm³/mol. The van der Waals surface area contributed by atoms with Crippen molar-refractivity contribution in [1.29, 1.82) is 0 Å². The van der Waals surface area contributed by atoms with Crippen molar-refractivity contribution in [3.8, 4) is 22.8 Å². The Hall–Kier alpha value is -3.28. The summed E-state index contributed by atoms with van der Waals surface area (Å²) >= 11 is 0. The third-order valence-corrected chi connectivity index (χ3v) is 4.91. The van der Waals surface area contributed by atoms with Gasteiger partial charge in [0.05, 0.1) is 19.3 Å². The van der Waals surface area contributed by atoms with Crippen LogP contribution in [0.1, 0.15) is 12.8 Å². The Balaban J connectivity index is 1.43. The van der Waals surface area contributed by atoms with Crippen LogP contribution in [0, 0.1) is 0 Å². The molecule has 0 radical (unpaired) electrons. The average Bonchev–Trinajstić information content (AvgIpc) is 3.33. The zero-order chi connectivity index (χ0) is 19.9. The molecule has 2 aromatic carbocycles. The Kier molecular flexibility index (Phi) is 6.10. The highest BCUT2D eigenvalue weighted by Crippen LogP contribution is 2.25. The maximum atomic E-state index is 5.80. The minimum Gasteiger partial charge on any atom is -0.497 e. The molecule has 1 saturated heterocycles. The topological polar surface area (TPSA) is 59.5 Å². The van der Waals surface area contributed by atoms with Gasteiger partial charge < -0.3 is 19.7 Å². The molecule has 0 spiro atoms. The molecule has 150 valence electrons. The molecule has 0 aliphatic carbocycles. The minimum atomic E-state index is 0.538. The summed E-state index contributed by atoms with van der Waals surface area (Å²) in [4.78, 5) is 11.8. The molecule has 4 rings (SSSR count).